The summed E-state index contributed by atoms with van der Waals surface area (Å²) in [5.74, 6) is -5.89. The Morgan fingerprint density at radius 2 is 1.78 bits per heavy atom. The van der Waals surface area contributed by atoms with Crippen LogP contribution in [0.5, 0.6) is 5.75 Å². The van der Waals surface area contributed by atoms with Gasteiger partial charge in [0.05, 0.1) is 18.6 Å². The number of nitrogens with two attached hydrogens (primary N) is 1. The molecule has 41 heavy (non-hydrogen) atoms. The van der Waals surface area contributed by atoms with Gasteiger partial charge >= 0.3 is 0 Å². The molecule has 3 aliphatic carbocycles. The maximum atomic E-state index is 15.1. The molecule has 0 aromatic heterocycles. The summed E-state index contributed by atoms with van der Waals surface area (Å²) < 4.78 is 62.5. The number of carbonyl (C=O) groups excluding carboxylic acids is 3. The molecule has 3 fully saturated rings. The van der Waals surface area contributed by atoms with Gasteiger partial charge in [-0.05, 0) is 72.8 Å². The second-order valence-corrected chi connectivity index (χ2v) is 11.6. The van der Waals surface area contributed by atoms with E-state index in [0.29, 0.717) is 13.0 Å². The van der Waals surface area contributed by atoms with E-state index < -0.39 is 59.2 Å². The number of hydrogen-bond donors (Lipinski definition) is 3. The summed E-state index contributed by atoms with van der Waals surface area (Å²) in [5.41, 5.74) is 4.41. The van der Waals surface area contributed by atoms with Gasteiger partial charge in [0.2, 0.25) is 11.8 Å². The maximum absolute atomic E-state index is 15.1. The molecule has 7 nitrogen and oxygen atoms in total. The second-order valence-electron chi connectivity index (χ2n) is 11.6. The molecule has 0 spiro atoms. The van der Waals surface area contributed by atoms with Crippen LogP contribution in [0.1, 0.15) is 59.7 Å². The van der Waals surface area contributed by atoms with Crippen LogP contribution in [0.25, 0.3) is 11.1 Å². The van der Waals surface area contributed by atoms with E-state index >= 15 is 4.39 Å². The molecule has 2 aromatic rings. The summed E-state index contributed by atoms with van der Waals surface area (Å²) >= 11 is 0. The molecule has 0 unspecified atom stereocenters. The summed E-state index contributed by atoms with van der Waals surface area (Å²) in [6, 6.07) is 4.48. The third-order valence-corrected chi connectivity index (χ3v) is 8.98. The Morgan fingerprint density at radius 1 is 1.07 bits per heavy atom. The normalized spacial score (nSPS) is 24.0. The molecule has 3 aliphatic rings. The van der Waals surface area contributed by atoms with Crippen molar-refractivity contribution >= 4 is 17.7 Å². The monoisotopic (exact) mass is 573 g/mol. The molecule has 2 aromatic carbocycles. The summed E-state index contributed by atoms with van der Waals surface area (Å²) in [5, 5.41) is 5.75. The predicted molar refractivity (Wildman–Crippen MR) is 142 cm³/mol. The third kappa shape index (κ3) is 5.29. The minimum absolute atomic E-state index is 0.0327. The molecule has 11 heteroatoms. The molecule has 0 aliphatic heterocycles. The average molecular weight is 574 g/mol. The molecule has 2 bridgehead atoms. The number of ether oxygens (including phenoxy) is 1. The van der Waals surface area contributed by atoms with E-state index in [1.165, 1.54) is 7.11 Å². The van der Waals surface area contributed by atoms with Crippen LogP contribution in [0, 0.1) is 34.8 Å². The second kappa shape index (κ2) is 10.8. The zero-order valence-electron chi connectivity index (χ0n) is 22.7. The number of allylic oxidation sites excluding steroid dienone is 1. The van der Waals surface area contributed by atoms with Gasteiger partial charge in [0, 0.05) is 35.3 Å². The van der Waals surface area contributed by atoms with Gasteiger partial charge in [-0.2, -0.15) is 8.78 Å². The molecule has 3 amide bonds. The lowest BCUT2D eigenvalue weighted by Gasteiger charge is -2.39. The minimum atomic E-state index is -1.80. The Labute approximate surface area is 234 Å². The van der Waals surface area contributed by atoms with E-state index in [1.807, 2.05) is 0 Å². The number of amides is 3. The first-order valence-electron chi connectivity index (χ1n) is 13.5. The summed E-state index contributed by atoms with van der Waals surface area (Å²) in [4.78, 5) is 38.6. The molecule has 0 heterocycles. The highest BCUT2D eigenvalue weighted by molar-refractivity contribution is 5.99. The van der Waals surface area contributed by atoms with Crippen LogP contribution in [-0.2, 0) is 4.79 Å². The van der Waals surface area contributed by atoms with Gasteiger partial charge < -0.3 is 21.1 Å². The van der Waals surface area contributed by atoms with Gasteiger partial charge in [0.1, 0.15) is 17.4 Å². The van der Waals surface area contributed by atoms with Crippen LogP contribution >= 0.6 is 0 Å². The molecule has 4 atom stereocenters. The zero-order valence-corrected chi connectivity index (χ0v) is 22.7. The molecular formula is C30H31F4N3O4. The van der Waals surface area contributed by atoms with Crippen molar-refractivity contribution in [2.45, 2.75) is 45.1 Å². The number of rotatable bonds is 8. The molecule has 0 saturated heterocycles. The van der Waals surface area contributed by atoms with E-state index in [4.69, 9.17) is 10.5 Å². The fraction of sp³-hybridized carbons (Fsp3) is 0.433. The smallest absolute Gasteiger partial charge is 0.269 e. The van der Waals surface area contributed by atoms with Crippen molar-refractivity contribution in [1.82, 2.24) is 10.6 Å². The zero-order chi connectivity index (χ0) is 29.6. The SMILES string of the molecule is COc1cc(F)c(-c2cc(C(N)=O)ccc2F)cc1C(=O)N[C@@H]1[C@H]2CC(=C(F)F)[C@H](C2)[C@@H]1C(=O)NCC1(C)CCC1. The fourth-order valence-electron chi connectivity index (χ4n) is 6.53. The van der Waals surface area contributed by atoms with Gasteiger partial charge in [-0.3, -0.25) is 14.4 Å². The highest BCUT2D eigenvalue weighted by atomic mass is 19.3. The molecule has 218 valence electrons. The van der Waals surface area contributed by atoms with E-state index in [2.05, 4.69) is 17.6 Å². The Hall–Kier alpha value is -3.89. The first-order chi connectivity index (χ1) is 19.4. The van der Waals surface area contributed by atoms with Crippen LogP contribution in [0.15, 0.2) is 42.0 Å². The highest BCUT2D eigenvalue weighted by Gasteiger charge is 2.55. The van der Waals surface area contributed by atoms with Crippen molar-refractivity contribution in [1.29, 1.82) is 0 Å². The number of fused-ring (bicyclic) bond motifs is 2. The lowest BCUT2D eigenvalue weighted by molar-refractivity contribution is -0.127. The fourth-order valence-corrected chi connectivity index (χ4v) is 6.53. The van der Waals surface area contributed by atoms with Crippen molar-refractivity contribution in [3.05, 3.63) is 64.7 Å². The number of primary amides is 1. The summed E-state index contributed by atoms with van der Waals surface area (Å²) in [6.07, 6.45) is 1.57. The van der Waals surface area contributed by atoms with Gasteiger partial charge in [0.25, 0.3) is 12.0 Å². The number of methoxy groups -OCH3 is 1. The number of hydrogen-bond acceptors (Lipinski definition) is 4. The number of benzene rings is 2. The number of nitrogens with one attached hydrogen (secondary N) is 2. The van der Waals surface area contributed by atoms with Crippen LogP contribution < -0.4 is 21.1 Å². The quantitative estimate of drug-likeness (QED) is 0.388. The molecule has 5 rings (SSSR count). The lowest BCUT2D eigenvalue weighted by atomic mass is 9.70. The van der Waals surface area contributed by atoms with E-state index in [9.17, 15) is 27.6 Å². The van der Waals surface area contributed by atoms with Crippen LogP contribution in [0.4, 0.5) is 17.6 Å². The maximum Gasteiger partial charge on any atom is 0.269 e. The van der Waals surface area contributed by atoms with E-state index in [1.54, 1.807) is 0 Å². The Bertz CT molecular complexity index is 1450. The molecule has 0 radical (unpaired) electrons. The standard InChI is InChI=1S/C30H31F4N3O4/c1-30(6-3-7-30)13-36-29(40)24-18-9-15(10-19(18)26(33)34)25(24)37-28(39)20-11-17(22(32)12-23(20)41-2)16-8-14(27(35)38)4-5-21(16)31/h4-5,8,11-12,15,18,24-25H,3,6-7,9-10,13H2,1-2H3,(H2,35,38)(H,36,40)(H,37,39)/t15-,18+,24+,25-/m1/s1. The van der Waals surface area contributed by atoms with Gasteiger partial charge in [-0.1, -0.05) is 13.3 Å². The van der Waals surface area contributed by atoms with Crippen LogP contribution in [-0.4, -0.2) is 37.4 Å². The average Bonchev–Trinajstić information content (AvgIpc) is 3.50. The van der Waals surface area contributed by atoms with Crippen LogP contribution in [0.2, 0.25) is 0 Å². The number of halogens is 4. The Morgan fingerprint density at radius 3 is 2.39 bits per heavy atom. The first kappa shape index (κ1) is 28.6. The van der Waals surface area contributed by atoms with Crippen molar-refractivity contribution in [2.24, 2.45) is 28.9 Å². The van der Waals surface area contributed by atoms with Crippen molar-refractivity contribution < 1.29 is 36.7 Å². The molecular weight excluding hydrogens is 542 g/mol. The molecule has 3 saturated carbocycles. The predicted octanol–water partition coefficient (Wildman–Crippen LogP) is 4.95. The Kier molecular flexibility index (Phi) is 7.56. The largest absolute Gasteiger partial charge is 0.496 e. The first-order valence-corrected chi connectivity index (χ1v) is 13.5. The van der Waals surface area contributed by atoms with Gasteiger partial charge in [-0.15, -0.1) is 0 Å². The van der Waals surface area contributed by atoms with Crippen molar-refractivity contribution in [2.75, 3.05) is 13.7 Å². The van der Waals surface area contributed by atoms with E-state index in [-0.39, 0.29) is 45.4 Å². The lowest BCUT2D eigenvalue weighted by Crippen LogP contribution is -2.52. The van der Waals surface area contributed by atoms with Gasteiger partial charge in [0.15, 0.2) is 0 Å². The highest BCUT2D eigenvalue weighted by Crippen LogP contribution is 2.53. The molecule has 4 N–H and O–H groups in total. The topological polar surface area (TPSA) is 111 Å². The van der Waals surface area contributed by atoms with Crippen molar-refractivity contribution in [3.63, 3.8) is 0 Å². The van der Waals surface area contributed by atoms with E-state index in [0.717, 1.165) is 49.6 Å². The number of carbonyl (C=O) groups is 3. The summed E-state index contributed by atoms with van der Waals surface area (Å²) in [7, 11) is 1.23. The minimum Gasteiger partial charge on any atom is -0.496 e. The van der Waals surface area contributed by atoms with Crippen molar-refractivity contribution in [3.8, 4) is 16.9 Å². The third-order valence-electron chi connectivity index (χ3n) is 8.98. The summed E-state index contributed by atoms with van der Waals surface area (Å²) in [6.45, 7) is 2.48. The van der Waals surface area contributed by atoms with Gasteiger partial charge in [-0.25, -0.2) is 8.78 Å². The Balaban J connectivity index is 1.45. The van der Waals surface area contributed by atoms with Crippen LogP contribution in [0.3, 0.4) is 0 Å².